The molecule has 1 aliphatic rings. The van der Waals surface area contributed by atoms with Gasteiger partial charge in [0.15, 0.2) is 0 Å². The number of rotatable bonds is 4. The predicted molar refractivity (Wildman–Crippen MR) is 102 cm³/mol. The molecule has 7 nitrogen and oxygen atoms in total. The van der Waals surface area contributed by atoms with Crippen LogP contribution in [0.3, 0.4) is 0 Å². The molecule has 1 aromatic carbocycles. The van der Waals surface area contributed by atoms with E-state index in [1.165, 1.54) is 6.33 Å². The van der Waals surface area contributed by atoms with Crippen LogP contribution in [0, 0.1) is 0 Å². The van der Waals surface area contributed by atoms with E-state index in [9.17, 15) is 5.11 Å². The van der Waals surface area contributed by atoms with Gasteiger partial charge in [0.1, 0.15) is 17.9 Å². The summed E-state index contributed by atoms with van der Waals surface area (Å²) in [5, 5.41) is 13.3. The number of hydrogen-bond acceptors (Lipinski definition) is 7. The van der Waals surface area contributed by atoms with E-state index in [1.807, 2.05) is 6.07 Å². The van der Waals surface area contributed by atoms with Crippen molar-refractivity contribution in [3.8, 4) is 5.75 Å². The highest BCUT2D eigenvalue weighted by atomic mass is 16.3. The lowest BCUT2D eigenvalue weighted by atomic mass is 9.93. The molecule has 7 heteroatoms. The molecule has 136 valence electrons. The van der Waals surface area contributed by atoms with Crippen LogP contribution in [-0.2, 0) is 0 Å². The number of nitrogens with zero attached hydrogens (tertiary/aromatic N) is 2. The molecule has 0 spiro atoms. The van der Waals surface area contributed by atoms with Crippen LogP contribution in [0.15, 0.2) is 48.6 Å². The highest BCUT2D eigenvalue weighted by molar-refractivity contribution is 5.84. The molecule has 0 amide bonds. The van der Waals surface area contributed by atoms with Crippen molar-refractivity contribution in [2.75, 3.05) is 13.1 Å². The molecule has 1 fully saturated rings. The van der Waals surface area contributed by atoms with Gasteiger partial charge in [-0.15, -0.1) is 0 Å². The summed E-state index contributed by atoms with van der Waals surface area (Å²) in [5.41, 5.74) is 20.9. The maximum Gasteiger partial charge on any atom is 0.124 e. The van der Waals surface area contributed by atoms with Gasteiger partial charge < -0.3 is 27.6 Å². The molecule has 8 N–H and O–H groups in total. The Balaban J connectivity index is 1.95. The number of allylic oxidation sites excluding steroid dienone is 2. The van der Waals surface area contributed by atoms with Crippen LogP contribution in [0.25, 0.3) is 11.3 Å². The lowest BCUT2D eigenvalue weighted by Gasteiger charge is -2.22. The number of benzene rings is 1. The smallest absolute Gasteiger partial charge is 0.124 e. The number of phenolic OH excluding ortho intramolecular Hbond substituents is 1. The summed E-state index contributed by atoms with van der Waals surface area (Å²) < 4.78 is 0. The fraction of sp³-hybridized carbons (Fsp3) is 0.263. The van der Waals surface area contributed by atoms with Gasteiger partial charge in [0.05, 0.1) is 5.69 Å². The number of hydrogen-bond donors (Lipinski definition) is 5. The Labute approximate surface area is 152 Å². The molecule has 3 rings (SSSR count). The van der Waals surface area contributed by atoms with Crippen molar-refractivity contribution >= 4 is 11.3 Å². The van der Waals surface area contributed by atoms with Crippen LogP contribution in [0.4, 0.5) is 0 Å². The molecular formula is C19H24N6O. The lowest BCUT2D eigenvalue weighted by Crippen LogP contribution is -2.27. The van der Waals surface area contributed by atoms with E-state index in [0.717, 1.165) is 31.6 Å². The van der Waals surface area contributed by atoms with Gasteiger partial charge in [0.25, 0.3) is 0 Å². The van der Waals surface area contributed by atoms with Crippen LogP contribution < -0.4 is 22.5 Å². The van der Waals surface area contributed by atoms with Gasteiger partial charge in [0.2, 0.25) is 0 Å². The third-order valence-electron chi connectivity index (χ3n) is 4.55. The second-order valence-corrected chi connectivity index (χ2v) is 6.34. The van der Waals surface area contributed by atoms with Gasteiger partial charge in [-0.1, -0.05) is 12.1 Å². The van der Waals surface area contributed by atoms with Gasteiger partial charge in [-0.2, -0.15) is 0 Å². The fourth-order valence-corrected chi connectivity index (χ4v) is 3.12. The molecule has 0 saturated carbocycles. The molecule has 2 aromatic rings. The molecule has 0 unspecified atom stereocenters. The zero-order valence-electron chi connectivity index (χ0n) is 14.5. The summed E-state index contributed by atoms with van der Waals surface area (Å²) in [6.45, 7) is 1.96. The first-order valence-electron chi connectivity index (χ1n) is 8.60. The second kappa shape index (κ2) is 7.88. The van der Waals surface area contributed by atoms with Gasteiger partial charge in [-0.25, -0.2) is 9.97 Å². The van der Waals surface area contributed by atoms with Gasteiger partial charge >= 0.3 is 0 Å². The van der Waals surface area contributed by atoms with E-state index in [1.54, 1.807) is 30.3 Å². The molecule has 2 heterocycles. The first kappa shape index (κ1) is 17.8. The van der Waals surface area contributed by atoms with Crippen molar-refractivity contribution in [3.63, 3.8) is 0 Å². The van der Waals surface area contributed by atoms with Crippen molar-refractivity contribution in [2.45, 2.75) is 18.8 Å². The van der Waals surface area contributed by atoms with Crippen molar-refractivity contribution in [2.24, 2.45) is 17.2 Å². The Kier molecular flexibility index (Phi) is 5.38. The van der Waals surface area contributed by atoms with Crippen LogP contribution in [-0.4, -0.2) is 28.2 Å². The molecule has 1 aromatic heterocycles. The fourth-order valence-electron chi connectivity index (χ4n) is 3.12. The molecule has 0 bridgehead atoms. The van der Waals surface area contributed by atoms with E-state index in [0.29, 0.717) is 28.4 Å². The lowest BCUT2D eigenvalue weighted by molar-refractivity contribution is 0.452. The third kappa shape index (κ3) is 3.94. The number of piperidine rings is 1. The number of para-hydroxylation sites is 1. The van der Waals surface area contributed by atoms with Crippen molar-refractivity contribution < 1.29 is 5.11 Å². The number of nitrogens with one attached hydrogen (secondary N) is 1. The standard InChI is InChI=1S/C19H24N6O/c20-15(13-3-1-2-4-18(13)26)9-14(19(21)22)17-10-16(24-11-25-17)12-5-7-23-8-6-12/h1-4,9-12,23,26H,5-8,20-22H2/b15-9-. The molecule has 26 heavy (non-hydrogen) atoms. The molecule has 1 saturated heterocycles. The third-order valence-corrected chi connectivity index (χ3v) is 4.55. The van der Waals surface area contributed by atoms with Crippen molar-refractivity contribution in [1.82, 2.24) is 15.3 Å². The maximum atomic E-state index is 9.99. The average molecular weight is 352 g/mol. The van der Waals surface area contributed by atoms with Crippen LogP contribution in [0.2, 0.25) is 0 Å². The summed E-state index contributed by atoms with van der Waals surface area (Å²) in [6, 6.07) is 8.75. The Bertz CT molecular complexity index is 835. The topological polar surface area (TPSA) is 136 Å². The van der Waals surface area contributed by atoms with Gasteiger partial charge in [0, 0.05) is 28.4 Å². The van der Waals surface area contributed by atoms with Gasteiger partial charge in [-0.3, -0.25) is 0 Å². The number of aromatic hydroxyl groups is 1. The largest absolute Gasteiger partial charge is 0.507 e. The first-order valence-corrected chi connectivity index (χ1v) is 8.60. The summed E-state index contributed by atoms with van der Waals surface area (Å²) >= 11 is 0. The Morgan fingerprint density at radius 1 is 1.12 bits per heavy atom. The summed E-state index contributed by atoms with van der Waals surface area (Å²) in [4.78, 5) is 8.74. The predicted octanol–water partition coefficient (Wildman–Crippen LogP) is 1.23. The Morgan fingerprint density at radius 3 is 2.54 bits per heavy atom. The molecule has 1 aliphatic heterocycles. The minimum Gasteiger partial charge on any atom is -0.507 e. The quantitative estimate of drug-likeness (QED) is 0.522. The highest BCUT2D eigenvalue weighted by Crippen LogP contribution is 2.27. The summed E-state index contributed by atoms with van der Waals surface area (Å²) in [5.74, 6) is 0.588. The Morgan fingerprint density at radius 2 is 1.85 bits per heavy atom. The number of aromatic nitrogens is 2. The minimum absolute atomic E-state index is 0.0919. The van der Waals surface area contributed by atoms with E-state index in [4.69, 9.17) is 17.2 Å². The summed E-state index contributed by atoms with van der Waals surface area (Å²) in [6.07, 6.45) is 5.23. The van der Waals surface area contributed by atoms with E-state index >= 15 is 0 Å². The van der Waals surface area contributed by atoms with Gasteiger partial charge in [-0.05, 0) is 50.2 Å². The number of phenols is 1. The van der Waals surface area contributed by atoms with Crippen LogP contribution in [0.1, 0.15) is 35.7 Å². The van der Waals surface area contributed by atoms with E-state index in [-0.39, 0.29) is 11.6 Å². The SMILES string of the molecule is NC(N)=C(/C=C(\N)c1ccccc1O)c1cc(C2CCNCC2)ncn1. The van der Waals surface area contributed by atoms with Crippen LogP contribution in [0.5, 0.6) is 5.75 Å². The average Bonchev–Trinajstić information content (AvgIpc) is 2.67. The molecule has 0 aliphatic carbocycles. The zero-order valence-corrected chi connectivity index (χ0v) is 14.5. The zero-order chi connectivity index (χ0) is 18.5. The highest BCUT2D eigenvalue weighted by Gasteiger charge is 2.18. The van der Waals surface area contributed by atoms with Crippen molar-refractivity contribution in [1.29, 1.82) is 0 Å². The Hall–Kier alpha value is -3.06. The maximum absolute atomic E-state index is 9.99. The summed E-state index contributed by atoms with van der Waals surface area (Å²) in [7, 11) is 0. The molecular weight excluding hydrogens is 328 g/mol. The minimum atomic E-state index is 0.0919. The monoisotopic (exact) mass is 352 g/mol. The van der Waals surface area contributed by atoms with Crippen molar-refractivity contribution in [3.05, 3.63) is 65.5 Å². The molecule has 0 atom stereocenters. The number of nitrogens with two attached hydrogens (primary N) is 3. The van der Waals surface area contributed by atoms with E-state index in [2.05, 4.69) is 15.3 Å². The van der Waals surface area contributed by atoms with Crippen LogP contribution >= 0.6 is 0 Å². The first-order chi connectivity index (χ1) is 12.6. The normalized spacial score (nSPS) is 15.6. The van der Waals surface area contributed by atoms with E-state index < -0.39 is 0 Å². The molecule has 0 radical (unpaired) electrons. The second-order valence-electron chi connectivity index (χ2n) is 6.34.